The number of aromatic nitrogens is 1. The van der Waals surface area contributed by atoms with E-state index in [2.05, 4.69) is 69.1 Å². The lowest BCUT2D eigenvalue weighted by atomic mass is 10.00. The van der Waals surface area contributed by atoms with Crippen LogP contribution in [-0.4, -0.2) is 4.98 Å². The third-order valence-corrected chi connectivity index (χ3v) is 4.02. The van der Waals surface area contributed by atoms with Gasteiger partial charge in [0.1, 0.15) is 0 Å². The summed E-state index contributed by atoms with van der Waals surface area (Å²) in [5.41, 5.74) is 5.38. The van der Waals surface area contributed by atoms with Crippen molar-refractivity contribution in [2.75, 3.05) is 0 Å². The quantitative estimate of drug-likeness (QED) is 0.629. The predicted molar refractivity (Wildman–Crippen MR) is 92.9 cm³/mol. The average molecular weight is 279 g/mol. The molecule has 1 nitrogen and oxygen atoms in total. The minimum Gasteiger partial charge on any atom is -0.354 e. The molecule has 3 rings (SSSR count). The lowest BCUT2D eigenvalue weighted by Gasteiger charge is -2.05. The van der Waals surface area contributed by atoms with Crippen LogP contribution in [0.4, 0.5) is 0 Å². The summed E-state index contributed by atoms with van der Waals surface area (Å²) in [6.07, 6.45) is 2.29. The van der Waals surface area contributed by atoms with E-state index in [-0.39, 0.29) is 0 Å². The molecule has 0 aliphatic rings. The van der Waals surface area contributed by atoms with Gasteiger partial charge in [-0.05, 0) is 47.9 Å². The van der Waals surface area contributed by atoms with E-state index >= 15 is 0 Å². The SMILES string of the molecule is CC(C)Cc1ccc2c(c1)[nH]c1cc(CC(C)C)ccc12. The second-order valence-electron chi connectivity index (χ2n) is 7.08. The molecule has 0 spiro atoms. The minimum atomic E-state index is 0.699. The van der Waals surface area contributed by atoms with Crippen LogP contribution in [-0.2, 0) is 12.8 Å². The first kappa shape index (κ1) is 14.2. The monoisotopic (exact) mass is 279 g/mol. The zero-order chi connectivity index (χ0) is 15.0. The second kappa shape index (κ2) is 5.55. The molecule has 0 unspecified atom stereocenters. The Kier molecular flexibility index (Phi) is 3.75. The van der Waals surface area contributed by atoms with Crippen LogP contribution in [0.25, 0.3) is 21.8 Å². The largest absolute Gasteiger partial charge is 0.354 e. The normalized spacial score (nSPS) is 12.1. The highest BCUT2D eigenvalue weighted by atomic mass is 14.7. The van der Waals surface area contributed by atoms with Crippen molar-refractivity contribution in [1.29, 1.82) is 0 Å². The first-order valence-electron chi connectivity index (χ1n) is 8.06. The van der Waals surface area contributed by atoms with Crippen LogP contribution in [0.1, 0.15) is 38.8 Å². The smallest absolute Gasteiger partial charge is 0.0467 e. The Hall–Kier alpha value is -1.76. The van der Waals surface area contributed by atoms with Gasteiger partial charge in [-0.15, -0.1) is 0 Å². The third-order valence-electron chi connectivity index (χ3n) is 4.02. The molecule has 1 aromatic heterocycles. The Balaban J connectivity index is 2.06. The number of nitrogens with one attached hydrogen (secondary N) is 1. The molecule has 0 atom stereocenters. The van der Waals surface area contributed by atoms with Gasteiger partial charge in [-0.25, -0.2) is 0 Å². The summed E-state index contributed by atoms with van der Waals surface area (Å²) in [5, 5.41) is 2.68. The van der Waals surface area contributed by atoms with E-state index in [4.69, 9.17) is 0 Å². The molecule has 110 valence electrons. The molecule has 1 heterocycles. The van der Waals surface area contributed by atoms with Gasteiger partial charge in [-0.2, -0.15) is 0 Å². The van der Waals surface area contributed by atoms with E-state index in [1.54, 1.807) is 0 Å². The lowest BCUT2D eigenvalue weighted by Crippen LogP contribution is -1.93. The summed E-state index contributed by atoms with van der Waals surface area (Å²) in [7, 11) is 0. The molecule has 0 amide bonds. The topological polar surface area (TPSA) is 15.8 Å². The van der Waals surface area contributed by atoms with E-state index in [0.717, 1.165) is 12.8 Å². The van der Waals surface area contributed by atoms with Gasteiger partial charge >= 0.3 is 0 Å². The number of aromatic amines is 1. The summed E-state index contributed by atoms with van der Waals surface area (Å²) in [4.78, 5) is 3.61. The second-order valence-corrected chi connectivity index (χ2v) is 7.08. The van der Waals surface area contributed by atoms with Gasteiger partial charge in [0.25, 0.3) is 0 Å². The lowest BCUT2D eigenvalue weighted by molar-refractivity contribution is 0.647. The van der Waals surface area contributed by atoms with E-state index in [0.29, 0.717) is 11.8 Å². The number of rotatable bonds is 4. The van der Waals surface area contributed by atoms with Gasteiger partial charge in [-0.1, -0.05) is 52.0 Å². The molecule has 0 aliphatic carbocycles. The molecule has 21 heavy (non-hydrogen) atoms. The molecule has 3 aromatic rings. The Morgan fingerprint density at radius 3 is 1.52 bits per heavy atom. The minimum absolute atomic E-state index is 0.699. The Morgan fingerprint density at radius 1 is 0.714 bits per heavy atom. The van der Waals surface area contributed by atoms with Crippen LogP contribution >= 0.6 is 0 Å². The van der Waals surface area contributed by atoms with E-state index in [1.807, 2.05) is 0 Å². The van der Waals surface area contributed by atoms with Gasteiger partial charge < -0.3 is 4.98 Å². The third kappa shape index (κ3) is 2.97. The highest BCUT2D eigenvalue weighted by molar-refractivity contribution is 6.07. The zero-order valence-corrected chi connectivity index (χ0v) is 13.5. The molecule has 0 fully saturated rings. The molecule has 0 saturated carbocycles. The number of benzene rings is 2. The predicted octanol–water partition coefficient (Wildman–Crippen LogP) is 5.72. The van der Waals surface area contributed by atoms with Crippen molar-refractivity contribution in [3.05, 3.63) is 47.5 Å². The van der Waals surface area contributed by atoms with E-state index in [9.17, 15) is 0 Å². The summed E-state index contributed by atoms with van der Waals surface area (Å²) in [5.74, 6) is 1.40. The molecular formula is C20H25N. The standard InChI is InChI=1S/C20H25N/c1-13(2)9-15-5-7-17-18-8-6-16(10-14(3)4)12-20(18)21-19(17)11-15/h5-8,11-14,21H,9-10H2,1-4H3. The van der Waals surface area contributed by atoms with Crippen molar-refractivity contribution in [3.8, 4) is 0 Å². The fraction of sp³-hybridized carbons (Fsp3) is 0.400. The van der Waals surface area contributed by atoms with Crippen molar-refractivity contribution < 1.29 is 0 Å². The number of hydrogen-bond acceptors (Lipinski definition) is 0. The summed E-state index contributed by atoms with van der Waals surface area (Å²) < 4.78 is 0. The van der Waals surface area contributed by atoms with Gasteiger partial charge in [0.2, 0.25) is 0 Å². The fourth-order valence-electron chi connectivity index (χ4n) is 3.20. The Labute approximate surface area is 127 Å². The first-order chi connectivity index (χ1) is 10.0. The van der Waals surface area contributed by atoms with Gasteiger partial charge in [0.05, 0.1) is 0 Å². The molecule has 0 radical (unpaired) electrons. The van der Waals surface area contributed by atoms with Crippen LogP contribution in [0.15, 0.2) is 36.4 Å². The zero-order valence-electron chi connectivity index (χ0n) is 13.5. The van der Waals surface area contributed by atoms with Gasteiger partial charge in [0, 0.05) is 21.8 Å². The highest BCUT2D eigenvalue weighted by Crippen LogP contribution is 2.28. The van der Waals surface area contributed by atoms with E-state index < -0.39 is 0 Å². The maximum atomic E-state index is 3.61. The Morgan fingerprint density at radius 2 is 1.14 bits per heavy atom. The molecule has 2 aromatic carbocycles. The molecule has 0 bridgehead atoms. The first-order valence-corrected chi connectivity index (χ1v) is 8.06. The van der Waals surface area contributed by atoms with Crippen molar-refractivity contribution in [2.24, 2.45) is 11.8 Å². The van der Waals surface area contributed by atoms with Gasteiger partial charge in [-0.3, -0.25) is 0 Å². The maximum absolute atomic E-state index is 3.61. The van der Waals surface area contributed by atoms with Crippen molar-refractivity contribution >= 4 is 21.8 Å². The summed E-state index contributed by atoms with van der Waals surface area (Å²) in [6.45, 7) is 9.09. The van der Waals surface area contributed by atoms with Crippen molar-refractivity contribution in [3.63, 3.8) is 0 Å². The van der Waals surface area contributed by atoms with Crippen LogP contribution in [0.3, 0.4) is 0 Å². The number of hydrogen-bond donors (Lipinski definition) is 1. The molecular weight excluding hydrogens is 254 g/mol. The average Bonchev–Trinajstić information content (AvgIpc) is 2.73. The maximum Gasteiger partial charge on any atom is 0.0467 e. The van der Waals surface area contributed by atoms with Gasteiger partial charge in [0.15, 0.2) is 0 Å². The van der Waals surface area contributed by atoms with Crippen LogP contribution in [0.5, 0.6) is 0 Å². The molecule has 0 aliphatic heterocycles. The molecule has 1 N–H and O–H groups in total. The number of fused-ring (bicyclic) bond motifs is 3. The van der Waals surface area contributed by atoms with Crippen LogP contribution in [0, 0.1) is 11.8 Å². The van der Waals surface area contributed by atoms with E-state index in [1.165, 1.54) is 32.9 Å². The molecule has 1 heteroatoms. The van der Waals surface area contributed by atoms with Crippen LogP contribution < -0.4 is 0 Å². The highest BCUT2D eigenvalue weighted by Gasteiger charge is 2.07. The van der Waals surface area contributed by atoms with Crippen molar-refractivity contribution in [2.45, 2.75) is 40.5 Å². The summed E-state index contributed by atoms with van der Waals surface area (Å²) >= 11 is 0. The summed E-state index contributed by atoms with van der Waals surface area (Å²) in [6, 6.07) is 13.7. The Bertz CT molecular complexity index is 698. The molecule has 0 saturated heterocycles. The number of H-pyrrole nitrogens is 1. The van der Waals surface area contributed by atoms with Crippen molar-refractivity contribution in [1.82, 2.24) is 4.98 Å². The van der Waals surface area contributed by atoms with Crippen LogP contribution in [0.2, 0.25) is 0 Å². The fourth-order valence-corrected chi connectivity index (χ4v) is 3.20.